The van der Waals surface area contributed by atoms with Gasteiger partial charge in [0, 0.05) is 19.4 Å². The van der Waals surface area contributed by atoms with Gasteiger partial charge < -0.3 is 29.9 Å². The minimum Gasteiger partial charge on any atom is -0.478 e. The molecule has 0 spiro atoms. The highest BCUT2D eigenvalue weighted by atomic mass is 32.1. The molecule has 1 unspecified atom stereocenters. The van der Waals surface area contributed by atoms with E-state index in [1.54, 1.807) is 47.7 Å². The Labute approximate surface area is 301 Å². The van der Waals surface area contributed by atoms with Gasteiger partial charge in [0.25, 0.3) is 0 Å². The summed E-state index contributed by atoms with van der Waals surface area (Å²) in [5.41, 5.74) is 5.14. The monoisotopic (exact) mass is 713 g/mol. The summed E-state index contributed by atoms with van der Waals surface area (Å²) >= 11 is 1.58. The second kappa shape index (κ2) is 16.4. The highest BCUT2D eigenvalue weighted by molar-refractivity contribution is 7.13. The van der Waals surface area contributed by atoms with Crippen molar-refractivity contribution in [3.05, 3.63) is 101 Å². The zero-order valence-electron chi connectivity index (χ0n) is 29.1. The summed E-state index contributed by atoms with van der Waals surface area (Å²) in [5, 5.41) is 22.4. The Hall–Kier alpha value is -4.91. The molecule has 1 saturated heterocycles. The lowest BCUT2D eigenvalue weighted by molar-refractivity contribution is -0.144. The standard InChI is InChI=1S/C39H43N3O8S/c1-24-35(51-23-40-24)27-10-5-25(6-11-27)9-18-33(44)32-19-29(43)20-42(32)37(46)36(39(2,3)4)41-34(45)22-49-21-26-7-14-30(15-8-26)50-31-16-12-28(13-17-31)38(47)48/h5-8,10-17,23,29,32,36,43H,9,18-22H2,1-4H3,(H,41,45)(H,47,48)/t29-,32?,36-/m1/s1. The van der Waals surface area contributed by atoms with E-state index in [0.717, 1.165) is 27.3 Å². The van der Waals surface area contributed by atoms with Gasteiger partial charge in [0.2, 0.25) is 11.8 Å². The lowest BCUT2D eigenvalue weighted by Gasteiger charge is -2.35. The molecular formula is C39H43N3O8S. The zero-order chi connectivity index (χ0) is 36.7. The molecule has 3 atom stereocenters. The Morgan fingerprint density at radius 3 is 2.18 bits per heavy atom. The average Bonchev–Trinajstić information content (AvgIpc) is 3.71. The third-order valence-electron chi connectivity index (χ3n) is 8.74. The topological polar surface area (TPSA) is 155 Å². The van der Waals surface area contributed by atoms with Gasteiger partial charge in [0.1, 0.15) is 24.1 Å². The first kappa shape index (κ1) is 37.3. The van der Waals surface area contributed by atoms with Crippen LogP contribution in [0.3, 0.4) is 0 Å². The van der Waals surface area contributed by atoms with E-state index in [9.17, 15) is 24.3 Å². The van der Waals surface area contributed by atoms with Crippen LogP contribution in [0.15, 0.2) is 78.3 Å². The van der Waals surface area contributed by atoms with Crippen LogP contribution in [-0.4, -0.2) is 75.0 Å². The van der Waals surface area contributed by atoms with E-state index in [-0.39, 0.29) is 43.9 Å². The highest BCUT2D eigenvalue weighted by Gasteiger charge is 2.44. The number of ketones is 1. The number of carbonyl (C=O) groups is 4. The van der Waals surface area contributed by atoms with Crippen molar-refractivity contribution >= 4 is 34.9 Å². The van der Waals surface area contributed by atoms with E-state index in [2.05, 4.69) is 10.3 Å². The Balaban J connectivity index is 1.12. The van der Waals surface area contributed by atoms with Gasteiger partial charge in [-0.25, -0.2) is 9.78 Å². The number of carboxylic acids is 1. The maximum absolute atomic E-state index is 13.9. The van der Waals surface area contributed by atoms with E-state index < -0.39 is 41.4 Å². The molecule has 0 saturated carbocycles. The van der Waals surface area contributed by atoms with Crippen molar-refractivity contribution in [2.75, 3.05) is 13.2 Å². The molecule has 1 fully saturated rings. The molecule has 2 heterocycles. The number of likely N-dealkylation sites (tertiary alicyclic amines) is 1. The minimum atomic E-state index is -1.01. The molecule has 11 nitrogen and oxygen atoms in total. The number of hydrogen-bond acceptors (Lipinski definition) is 9. The molecule has 0 radical (unpaired) electrons. The number of nitrogens with one attached hydrogen (secondary N) is 1. The number of hydrogen-bond donors (Lipinski definition) is 3. The fraction of sp³-hybridized carbons (Fsp3) is 0.359. The molecule has 2 amide bonds. The van der Waals surface area contributed by atoms with E-state index in [0.29, 0.717) is 17.9 Å². The average molecular weight is 714 g/mol. The van der Waals surface area contributed by atoms with Crippen molar-refractivity contribution in [1.82, 2.24) is 15.2 Å². The number of thiazole rings is 1. The van der Waals surface area contributed by atoms with E-state index in [4.69, 9.17) is 14.6 Å². The van der Waals surface area contributed by atoms with Crippen LogP contribution in [-0.2, 0) is 32.1 Å². The van der Waals surface area contributed by atoms with Crippen LogP contribution in [0.5, 0.6) is 11.5 Å². The molecule has 5 rings (SSSR count). The van der Waals surface area contributed by atoms with Crippen LogP contribution >= 0.6 is 11.3 Å². The molecule has 4 aromatic rings. The summed E-state index contributed by atoms with van der Waals surface area (Å²) < 4.78 is 11.4. The van der Waals surface area contributed by atoms with Gasteiger partial charge in [-0.2, -0.15) is 0 Å². The number of nitrogens with zero attached hydrogens (tertiary/aromatic N) is 2. The van der Waals surface area contributed by atoms with Gasteiger partial charge in [-0.1, -0.05) is 57.2 Å². The third-order valence-corrected chi connectivity index (χ3v) is 9.71. The first-order valence-electron chi connectivity index (χ1n) is 16.8. The summed E-state index contributed by atoms with van der Waals surface area (Å²) in [6.07, 6.45) is 0.0412. The number of Topliss-reactive ketones (excluding diaryl/α,β-unsaturated/α-hetero) is 1. The first-order chi connectivity index (χ1) is 24.3. The summed E-state index contributed by atoms with van der Waals surface area (Å²) in [5.74, 6) is -0.995. The predicted molar refractivity (Wildman–Crippen MR) is 193 cm³/mol. The molecule has 12 heteroatoms. The van der Waals surface area contributed by atoms with Crippen LogP contribution in [0.25, 0.3) is 10.4 Å². The van der Waals surface area contributed by atoms with Crippen LogP contribution in [0.1, 0.15) is 60.8 Å². The van der Waals surface area contributed by atoms with Crippen molar-refractivity contribution in [2.45, 2.75) is 71.8 Å². The molecular weight excluding hydrogens is 671 g/mol. The van der Waals surface area contributed by atoms with Gasteiger partial charge in [-0.15, -0.1) is 11.3 Å². The smallest absolute Gasteiger partial charge is 0.335 e. The second-order valence-electron chi connectivity index (χ2n) is 13.8. The normalized spacial score (nSPS) is 16.5. The molecule has 1 aromatic heterocycles. The second-order valence-corrected chi connectivity index (χ2v) is 14.6. The number of amides is 2. The van der Waals surface area contributed by atoms with Crippen LogP contribution in [0.2, 0.25) is 0 Å². The maximum atomic E-state index is 13.9. The molecule has 1 aliphatic rings. The van der Waals surface area contributed by atoms with E-state index in [1.165, 1.54) is 17.0 Å². The van der Waals surface area contributed by atoms with Crippen LogP contribution in [0.4, 0.5) is 0 Å². The van der Waals surface area contributed by atoms with Crippen molar-refractivity contribution in [3.63, 3.8) is 0 Å². The fourth-order valence-electron chi connectivity index (χ4n) is 5.93. The highest BCUT2D eigenvalue weighted by Crippen LogP contribution is 2.29. The molecule has 0 bridgehead atoms. The van der Waals surface area contributed by atoms with Crippen LogP contribution in [0, 0.1) is 12.3 Å². The van der Waals surface area contributed by atoms with Crippen molar-refractivity contribution in [3.8, 4) is 21.9 Å². The van der Waals surface area contributed by atoms with E-state index >= 15 is 0 Å². The molecule has 268 valence electrons. The number of aromatic carboxylic acids is 1. The van der Waals surface area contributed by atoms with Crippen molar-refractivity contribution in [2.24, 2.45) is 5.41 Å². The molecule has 3 N–H and O–H groups in total. The Kier molecular flexibility index (Phi) is 12.0. The van der Waals surface area contributed by atoms with Gasteiger partial charge in [-0.05, 0) is 71.8 Å². The number of aliphatic hydroxyl groups is 1. The summed E-state index contributed by atoms with van der Waals surface area (Å²) in [4.78, 5) is 58.2. The molecule has 51 heavy (non-hydrogen) atoms. The van der Waals surface area contributed by atoms with Gasteiger partial charge in [-0.3, -0.25) is 14.4 Å². The molecule has 0 aliphatic carbocycles. The Morgan fingerprint density at radius 1 is 0.961 bits per heavy atom. The zero-order valence-corrected chi connectivity index (χ0v) is 29.9. The van der Waals surface area contributed by atoms with Gasteiger partial charge >= 0.3 is 5.97 Å². The van der Waals surface area contributed by atoms with E-state index in [1.807, 2.05) is 57.5 Å². The number of aryl methyl sites for hydroxylation is 2. The maximum Gasteiger partial charge on any atom is 0.335 e. The number of benzene rings is 3. The number of carbonyl (C=O) groups excluding carboxylic acids is 3. The number of aliphatic hydroxyl groups excluding tert-OH is 1. The Bertz CT molecular complexity index is 1830. The quantitative estimate of drug-likeness (QED) is 0.147. The minimum absolute atomic E-state index is 0.0183. The van der Waals surface area contributed by atoms with Crippen molar-refractivity contribution < 1.29 is 38.9 Å². The van der Waals surface area contributed by atoms with Crippen LogP contribution < -0.4 is 10.1 Å². The summed E-state index contributed by atoms with van der Waals surface area (Å²) in [6, 6.07) is 19.4. The first-order valence-corrected chi connectivity index (χ1v) is 17.6. The lowest BCUT2D eigenvalue weighted by Crippen LogP contribution is -2.57. The summed E-state index contributed by atoms with van der Waals surface area (Å²) in [6.45, 7) is 7.34. The predicted octanol–water partition coefficient (Wildman–Crippen LogP) is 5.82. The number of β-amino-alcohol motifs (C(OH)–C–C–N with tert-alkyl or cyclic N) is 1. The summed E-state index contributed by atoms with van der Waals surface area (Å²) in [7, 11) is 0. The van der Waals surface area contributed by atoms with Gasteiger partial charge in [0.15, 0.2) is 5.78 Å². The number of ether oxygens (including phenoxy) is 2. The van der Waals surface area contributed by atoms with Gasteiger partial charge in [0.05, 0.1) is 40.4 Å². The molecule has 3 aromatic carbocycles. The number of rotatable bonds is 14. The number of carboxylic acid groups (broad SMARTS) is 1. The third kappa shape index (κ3) is 9.87. The van der Waals surface area contributed by atoms with Crippen molar-refractivity contribution in [1.29, 1.82) is 0 Å². The molecule has 1 aliphatic heterocycles. The Morgan fingerprint density at radius 2 is 1.59 bits per heavy atom. The lowest BCUT2D eigenvalue weighted by atomic mass is 9.85. The fourth-order valence-corrected chi connectivity index (χ4v) is 6.74. The SMILES string of the molecule is Cc1ncsc1-c1ccc(CCC(=O)C2C[C@@H](O)CN2C(=O)[C@@H](NC(=O)COCc2ccc(Oc3ccc(C(=O)O)cc3)cc2)C(C)(C)C)cc1. The largest absolute Gasteiger partial charge is 0.478 e. The number of aromatic nitrogens is 1.